The minimum absolute atomic E-state index is 0.278. The fourth-order valence-electron chi connectivity index (χ4n) is 2.27. The van der Waals surface area contributed by atoms with Crippen LogP contribution in [-0.2, 0) is 20.7 Å². The number of anilines is 1. The van der Waals surface area contributed by atoms with Gasteiger partial charge in [-0.1, -0.05) is 23.4 Å². The molecule has 2 heterocycles. The highest BCUT2D eigenvalue weighted by molar-refractivity contribution is 5.94. The van der Waals surface area contributed by atoms with E-state index in [4.69, 9.17) is 14.0 Å². The highest BCUT2D eigenvalue weighted by atomic mass is 16.6. The van der Waals surface area contributed by atoms with Crippen LogP contribution in [0.5, 0.6) is 5.75 Å². The predicted molar refractivity (Wildman–Crippen MR) is 80.0 cm³/mol. The zero-order chi connectivity index (χ0) is 16.4. The van der Waals surface area contributed by atoms with E-state index in [1.807, 2.05) is 18.2 Å². The molecule has 7 heteroatoms. The van der Waals surface area contributed by atoms with Crippen molar-refractivity contribution in [2.24, 2.45) is 0 Å². The molecule has 1 aromatic carbocycles. The Balaban J connectivity index is 1.55. The van der Waals surface area contributed by atoms with Crippen LogP contribution < -0.4 is 10.1 Å². The van der Waals surface area contributed by atoms with Crippen LogP contribution in [0.25, 0.3) is 0 Å². The van der Waals surface area contributed by atoms with Crippen molar-refractivity contribution in [1.29, 1.82) is 0 Å². The summed E-state index contributed by atoms with van der Waals surface area (Å²) in [4.78, 5) is 24.1. The van der Waals surface area contributed by atoms with Crippen LogP contribution in [0.1, 0.15) is 18.2 Å². The van der Waals surface area contributed by atoms with Crippen LogP contribution in [0, 0.1) is 6.92 Å². The maximum atomic E-state index is 12.1. The highest BCUT2D eigenvalue weighted by Gasteiger charge is 2.32. The number of aromatic nitrogens is 1. The van der Waals surface area contributed by atoms with E-state index < -0.39 is 24.1 Å². The Morgan fingerprint density at radius 1 is 1.39 bits per heavy atom. The molecule has 0 saturated heterocycles. The first-order valence-electron chi connectivity index (χ1n) is 7.22. The van der Waals surface area contributed by atoms with Gasteiger partial charge in [0.25, 0.3) is 5.91 Å². The summed E-state index contributed by atoms with van der Waals surface area (Å²) in [5, 5.41) is 6.16. The first-order chi connectivity index (χ1) is 11.0. The van der Waals surface area contributed by atoms with Crippen LogP contribution in [-0.4, -0.2) is 29.2 Å². The normalized spacial score (nSPS) is 17.0. The Kier molecular flexibility index (Phi) is 4.01. The largest absolute Gasteiger partial charge is 0.478 e. The molecule has 1 aliphatic rings. The first-order valence-corrected chi connectivity index (χ1v) is 7.22. The minimum atomic E-state index is -0.966. The van der Waals surface area contributed by atoms with E-state index in [0.29, 0.717) is 17.9 Å². The lowest BCUT2D eigenvalue weighted by Crippen LogP contribution is -2.36. The molecule has 1 amide bonds. The van der Waals surface area contributed by atoms with Crippen molar-refractivity contribution >= 4 is 17.7 Å². The summed E-state index contributed by atoms with van der Waals surface area (Å²) in [7, 11) is 0. The Morgan fingerprint density at radius 3 is 2.87 bits per heavy atom. The predicted octanol–water partition coefficient (Wildman–Crippen LogP) is 1.86. The number of nitrogens with zero attached hydrogens (tertiary/aromatic N) is 1. The summed E-state index contributed by atoms with van der Waals surface area (Å²) in [6.07, 6.45) is -1.25. The molecule has 2 aromatic rings. The number of hydrogen-bond donors (Lipinski definition) is 1. The maximum absolute atomic E-state index is 12.1. The van der Waals surface area contributed by atoms with Gasteiger partial charge in [0, 0.05) is 12.5 Å². The molecule has 23 heavy (non-hydrogen) atoms. The molecular weight excluding hydrogens is 300 g/mol. The monoisotopic (exact) mass is 316 g/mol. The number of rotatable bonds is 4. The van der Waals surface area contributed by atoms with Gasteiger partial charge in [0.05, 0.1) is 0 Å². The number of carbonyl (C=O) groups excluding carboxylic acids is 2. The van der Waals surface area contributed by atoms with Crippen molar-refractivity contribution < 1.29 is 23.6 Å². The SMILES string of the molecule is Cc1cc(NC(=O)[C@@H](C)OC(=O)[C@H]2Cc3ccccc3O2)no1. The van der Waals surface area contributed by atoms with Crippen molar-refractivity contribution in [3.8, 4) is 5.75 Å². The summed E-state index contributed by atoms with van der Waals surface area (Å²) in [6, 6.07) is 8.98. The van der Waals surface area contributed by atoms with Crippen molar-refractivity contribution in [1.82, 2.24) is 5.16 Å². The van der Waals surface area contributed by atoms with E-state index in [0.717, 1.165) is 5.56 Å². The average Bonchev–Trinajstić information content (AvgIpc) is 3.13. The van der Waals surface area contributed by atoms with E-state index in [1.165, 1.54) is 6.92 Å². The summed E-state index contributed by atoms with van der Waals surface area (Å²) in [5.41, 5.74) is 0.949. The Morgan fingerprint density at radius 2 is 2.17 bits per heavy atom. The van der Waals surface area contributed by atoms with Gasteiger partial charge in [0.1, 0.15) is 11.5 Å². The third-order valence-electron chi connectivity index (χ3n) is 3.45. The maximum Gasteiger partial charge on any atom is 0.348 e. The Labute approximate surface area is 132 Å². The molecule has 0 unspecified atom stereocenters. The molecule has 120 valence electrons. The molecular formula is C16H16N2O5. The number of carbonyl (C=O) groups is 2. The zero-order valence-corrected chi connectivity index (χ0v) is 12.7. The second-order valence-corrected chi connectivity index (χ2v) is 5.31. The third-order valence-corrected chi connectivity index (χ3v) is 3.45. The second kappa shape index (κ2) is 6.12. The van der Waals surface area contributed by atoms with Gasteiger partial charge >= 0.3 is 5.97 Å². The highest BCUT2D eigenvalue weighted by Crippen LogP contribution is 2.28. The number of benzene rings is 1. The number of esters is 1. The van der Waals surface area contributed by atoms with Gasteiger partial charge in [-0.05, 0) is 25.5 Å². The molecule has 1 aromatic heterocycles. The van der Waals surface area contributed by atoms with Gasteiger partial charge in [-0.3, -0.25) is 4.79 Å². The van der Waals surface area contributed by atoms with Crippen LogP contribution in [0.4, 0.5) is 5.82 Å². The average molecular weight is 316 g/mol. The van der Waals surface area contributed by atoms with Crippen LogP contribution >= 0.6 is 0 Å². The second-order valence-electron chi connectivity index (χ2n) is 5.31. The van der Waals surface area contributed by atoms with Crippen LogP contribution in [0.2, 0.25) is 0 Å². The number of hydrogen-bond acceptors (Lipinski definition) is 6. The number of para-hydroxylation sites is 1. The van der Waals surface area contributed by atoms with Crippen LogP contribution in [0.15, 0.2) is 34.9 Å². The quantitative estimate of drug-likeness (QED) is 0.866. The van der Waals surface area contributed by atoms with Gasteiger partial charge in [-0.2, -0.15) is 0 Å². The molecule has 0 saturated carbocycles. The fraction of sp³-hybridized carbons (Fsp3) is 0.312. The van der Waals surface area contributed by atoms with E-state index in [2.05, 4.69) is 10.5 Å². The summed E-state index contributed by atoms with van der Waals surface area (Å²) in [6.45, 7) is 3.20. The number of fused-ring (bicyclic) bond motifs is 1. The number of amides is 1. The molecule has 0 spiro atoms. The van der Waals surface area contributed by atoms with E-state index >= 15 is 0 Å². The van der Waals surface area contributed by atoms with Crippen molar-refractivity contribution in [2.75, 3.05) is 5.32 Å². The molecule has 0 aliphatic carbocycles. The van der Waals surface area contributed by atoms with Crippen molar-refractivity contribution in [3.63, 3.8) is 0 Å². The Bertz CT molecular complexity index is 715. The van der Waals surface area contributed by atoms with Gasteiger partial charge in [0.15, 0.2) is 18.0 Å². The standard InChI is InChI=1S/C16H16N2O5/c1-9-7-14(18-23-9)17-15(19)10(2)21-16(20)13-8-11-5-3-4-6-12(11)22-13/h3-7,10,13H,8H2,1-2H3,(H,17,18,19)/t10-,13-/m1/s1. The number of nitrogens with one attached hydrogen (secondary N) is 1. The van der Waals surface area contributed by atoms with Crippen molar-refractivity contribution in [3.05, 3.63) is 41.7 Å². The topological polar surface area (TPSA) is 90.7 Å². The van der Waals surface area contributed by atoms with Gasteiger partial charge < -0.3 is 19.3 Å². The van der Waals surface area contributed by atoms with Gasteiger partial charge in [-0.15, -0.1) is 0 Å². The first kappa shape index (κ1) is 15.1. The Hall–Kier alpha value is -2.83. The molecule has 1 N–H and O–H groups in total. The third kappa shape index (κ3) is 3.33. The summed E-state index contributed by atoms with van der Waals surface area (Å²) < 4.78 is 15.6. The molecule has 1 aliphatic heterocycles. The summed E-state index contributed by atoms with van der Waals surface area (Å²) in [5.74, 6) is 0.467. The minimum Gasteiger partial charge on any atom is -0.478 e. The lowest BCUT2D eigenvalue weighted by atomic mass is 10.1. The summed E-state index contributed by atoms with van der Waals surface area (Å²) >= 11 is 0. The van der Waals surface area contributed by atoms with E-state index in [9.17, 15) is 9.59 Å². The van der Waals surface area contributed by atoms with E-state index in [1.54, 1.807) is 19.1 Å². The van der Waals surface area contributed by atoms with E-state index in [-0.39, 0.29) is 5.82 Å². The smallest absolute Gasteiger partial charge is 0.348 e. The van der Waals surface area contributed by atoms with Gasteiger partial charge in [-0.25, -0.2) is 4.79 Å². The number of aryl methyl sites for hydroxylation is 1. The molecule has 0 radical (unpaired) electrons. The zero-order valence-electron chi connectivity index (χ0n) is 12.7. The van der Waals surface area contributed by atoms with Crippen molar-refractivity contribution in [2.45, 2.75) is 32.5 Å². The molecule has 0 bridgehead atoms. The molecule has 2 atom stereocenters. The fourth-order valence-corrected chi connectivity index (χ4v) is 2.27. The molecule has 3 rings (SSSR count). The lowest BCUT2D eigenvalue weighted by Gasteiger charge is -2.15. The molecule has 7 nitrogen and oxygen atoms in total. The van der Waals surface area contributed by atoms with Crippen LogP contribution in [0.3, 0.4) is 0 Å². The number of ether oxygens (including phenoxy) is 2. The van der Waals surface area contributed by atoms with Gasteiger partial charge in [0.2, 0.25) is 0 Å². The lowest BCUT2D eigenvalue weighted by molar-refractivity contribution is -0.159. The molecule has 0 fully saturated rings.